The maximum Gasteiger partial charge on any atom is 1.00 e. The number of halogens is 1. The first-order chi connectivity index (χ1) is 6.99. The van der Waals surface area contributed by atoms with Gasteiger partial charge in [-0.15, -0.1) is 5.76 Å². The minimum atomic E-state index is -0.423. The summed E-state index contributed by atoms with van der Waals surface area (Å²) in [5, 5.41) is 13.9. The summed E-state index contributed by atoms with van der Waals surface area (Å²) in [6.07, 6.45) is 1.01. The molecular weight excluding hydrogens is 237 g/mol. The van der Waals surface area contributed by atoms with Gasteiger partial charge in [-0.3, -0.25) is 4.79 Å². The van der Waals surface area contributed by atoms with Crippen LogP contribution in [0.5, 0.6) is 0 Å². The second kappa shape index (κ2) is 6.97. The van der Waals surface area contributed by atoms with E-state index in [2.05, 4.69) is 5.32 Å². The number of amides is 1. The molecule has 16 heavy (non-hydrogen) atoms. The molecule has 0 radical (unpaired) electrons. The molecule has 0 aliphatic carbocycles. The van der Waals surface area contributed by atoms with Crippen LogP contribution in [-0.2, 0) is 4.79 Å². The van der Waals surface area contributed by atoms with Crippen molar-refractivity contribution in [3.8, 4) is 0 Å². The fourth-order valence-electron chi connectivity index (χ4n) is 1.12. The van der Waals surface area contributed by atoms with E-state index in [0.29, 0.717) is 10.7 Å². The Morgan fingerprint density at radius 2 is 2.12 bits per heavy atom. The third-order valence-corrected chi connectivity index (χ3v) is 2.02. The van der Waals surface area contributed by atoms with Crippen LogP contribution in [0.25, 0.3) is 0 Å². The van der Waals surface area contributed by atoms with Crippen LogP contribution in [0.2, 0.25) is 5.02 Å². The maximum atomic E-state index is 11.2. The van der Waals surface area contributed by atoms with E-state index in [1.165, 1.54) is 6.92 Å². The van der Waals surface area contributed by atoms with E-state index in [4.69, 9.17) is 11.6 Å². The molecule has 0 aromatic heterocycles. The Kier molecular flexibility index (Phi) is 6.76. The molecule has 0 bridgehead atoms. The van der Waals surface area contributed by atoms with Crippen molar-refractivity contribution in [2.24, 2.45) is 0 Å². The largest absolute Gasteiger partial charge is 1.00 e. The van der Waals surface area contributed by atoms with Crippen LogP contribution in [-0.4, -0.2) is 5.91 Å². The summed E-state index contributed by atoms with van der Waals surface area (Å²) in [6, 6.07) is 5.12. The van der Waals surface area contributed by atoms with E-state index in [1.54, 1.807) is 18.2 Å². The van der Waals surface area contributed by atoms with Crippen molar-refractivity contribution in [1.82, 2.24) is 0 Å². The Hall–Kier alpha value is -0.480. The normalized spacial score (nSPS) is 10.6. The first-order valence-electron chi connectivity index (χ1n) is 4.41. The molecule has 5 heteroatoms. The van der Waals surface area contributed by atoms with Gasteiger partial charge < -0.3 is 10.4 Å². The van der Waals surface area contributed by atoms with E-state index >= 15 is 0 Å². The molecule has 0 unspecified atom stereocenters. The van der Waals surface area contributed by atoms with E-state index < -0.39 is 5.91 Å². The molecule has 0 spiro atoms. The number of benzene rings is 1. The van der Waals surface area contributed by atoms with Crippen LogP contribution in [0.1, 0.15) is 12.5 Å². The molecule has 3 nitrogen and oxygen atoms in total. The van der Waals surface area contributed by atoms with Gasteiger partial charge in [-0.1, -0.05) is 18.5 Å². The predicted octanol–water partition coefficient (Wildman–Crippen LogP) is -1.14. The number of allylic oxidation sites excluding steroid dienone is 1. The number of hydrogen-bond acceptors (Lipinski definition) is 2. The quantitative estimate of drug-likeness (QED) is 0.408. The molecule has 0 saturated heterocycles. The fraction of sp³-hybridized carbons (Fsp3) is 0.182. The second-order valence-electron chi connectivity index (χ2n) is 3.20. The van der Waals surface area contributed by atoms with Crippen LogP contribution in [0.3, 0.4) is 0 Å². The maximum absolute atomic E-state index is 11.2. The first kappa shape index (κ1) is 15.5. The Balaban J connectivity index is 0.00000225. The van der Waals surface area contributed by atoms with Gasteiger partial charge >= 0.3 is 29.6 Å². The fourth-order valence-corrected chi connectivity index (χ4v) is 1.35. The van der Waals surface area contributed by atoms with Gasteiger partial charge in [0.2, 0.25) is 5.91 Å². The average molecular weight is 248 g/mol. The summed E-state index contributed by atoms with van der Waals surface area (Å²) in [4.78, 5) is 11.2. The predicted molar refractivity (Wildman–Crippen MR) is 58.6 cm³/mol. The molecule has 1 N–H and O–H groups in total. The smallest absolute Gasteiger partial charge is 0.875 e. The second-order valence-corrected chi connectivity index (χ2v) is 3.64. The van der Waals surface area contributed by atoms with Crippen LogP contribution in [0, 0.1) is 6.92 Å². The van der Waals surface area contributed by atoms with Gasteiger partial charge in [0.1, 0.15) is 0 Å². The zero-order valence-corrected chi connectivity index (χ0v) is 12.3. The van der Waals surface area contributed by atoms with Crippen LogP contribution in [0.15, 0.2) is 30.0 Å². The molecule has 0 aliphatic rings. The van der Waals surface area contributed by atoms with Gasteiger partial charge in [0.15, 0.2) is 0 Å². The molecule has 0 fully saturated rings. The van der Waals surface area contributed by atoms with E-state index in [-0.39, 0.29) is 35.3 Å². The number of carbonyl (C=O) groups excluding carboxylic acids is 1. The van der Waals surface area contributed by atoms with Crippen LogP contribution in [0.4, 0.5) is 5.69 Å². The molecule has 0 saturated carbocycles. The van der Waals surface area contributed by atoms with Crippen molar-refractivity contribution in [3.05, 3.63) is 40.6 Å². The number of hydrogen-bond donors (Lipinski definition) is 1. The van der Waals surface area contributed by atoms with Gasteiger partial charge in [0.25, 0.3) is 0 Å². The monoisotopic (exact) mass is 247 g/mol. The van der Waals surface area contributed by atoms with Crippen molar-refractivity contribution >= 4 is 23.2 Å². The summed E-state index contributed by atoms with van der Waals surface area (Å²) < 4.78 is 0. The van der Waals surface area contributed by atoms with Crippen LogP contribution < -0.4 is 40.0 Å². The van der Waals surface area contributed by atoms with E-state index in [0.717, 1.165) is 11.6 Å². The number of nitrogens with one attached hydrogen (secondary N) is 1. The Bertz CT molecular complexity index is 414. The summed E-state index contributed by atoms with van der Waals surface area (Å²) in [5.41, 5.74) is 1.51. The molecule has 1 aromatic rings. The zero-order valence-electron chi connectivity index (χ0n) is 9.50. The standard InChI is InChI=1S/C11H12ClNO2.Na/c1-7-5-9(12)3-4-10(7)13-11(15)6-8(2)14;/h3-6,14H,1-2H3,(H,13,15);/q;+1/p-1/b8-6-;. The van der Waals surface area contributed by atoms with Crippen molar-refractivity contribution in [1.29, 1.82) is 0 Å². The van der Waals surface area contributed by atoms with Crippen LogP contribution >= 0.6 is 11.6 Å². The Morgan fingerprint density at radius 1 is 1.50 bits per heavy atom. The minimum absolute atomic E-state index is 0. The summed E-state index contributed by atoms with van der Waals surface area (Å²) in [7, 11) is 0. The van der Waals surface area contributed by atoms with Gasteiger partial charge in [0, 0.05) is 10.7 Å². The van der Waals surface area contributed by atoms with Crippen molar-refractivity contribution in [3.63, 3.8) is 0 Å². The van der Waals surface area contributed by atoms with Gasteiger partial charge in [-0.05, 0) is 36.8 Å². The topological polar surface area (TPSA) is 52.2 Å². The van der Waals surface area contributed by atoms with E-state index in [9.17, 15) is 9.90 Å². The molecule has 0 heterocycles. The third-order valence-electron chi connectivity index (χ3n) is 1.78. The van der Waals surface area contributed by atoms with Crippen molar-refractivity contribution in [2.45, 2.75) is 13.8 Å². The Morgan fingerprint density at radius 3 is 2.62 bits per heavy atom. The molecule has 1 amide bonds. The SMILES string of the molecule is C/C([O-])=C/C(=O)Nc1ccc(Cl)cc1C.[Na+]. The number of anilines is 1. The summed E-state index contributed by atoms with van der Waals surface area (Å²) >= 11 is 5.76. The molecule has 0 aliphatic heterocycles. The molecule has 1 aromatic carbocycles. The number of rotatable bonds is 2. The molecule has 80 valence electrons. The van der Waals surface area contributed by atoms with Crippen molar-refractivity contribution < 1.29 is 39.5 Å². The Labute approximate surface area is 122 Å². The molecular formula is C11H11ClNNaO2. The molecule has 0 atom stereocenters. The average Bonchev–Trinajstić information content (AvgIpc) is 2.08. The van der Waals surface area contributed by atoms with Gasteiger partial charge in [-0.2, -0.15) is 0 Å². The summed E-state index contributed by atoms with van der Waals surface area (Å²) in [6.45, 7) is 3.16. The van der Waals surface area contributed by atoms with E-state index in [1.807, 2.05) is 6.92 Å². The number of aryl methyl sites for hydroxylation is 1. The van der Waals surface area contributed by atoms with Gasteiger partial charge in [0.05, 0.1) is 0 Å². The van der Waals surface area contributed by atoms with Gasteiger partial charge in [-0.25, -0.2) is 0 Å². The number of carbonyl (C=O) groups is 1. The molecule has 1 rings (SSSR count). The minimum Gasteiger partial charge on any atom is -0.875 e. The zero-order chi connectivity index (χ0) is 11.4. The van der Waals surface area contributed by atoms with Crippen molar-refractivity contribution in [2.75, 3.05) is 5.32 Å². The third kappa shape index (κ3) is 5.03. The first-order valence-corrected chi connectivity index (χ1v) is 4.79. The summed E-state index contributed by atoms with van der Waals surface area (Å²) in [5.74, 6) is -0.702.